The molecular weight excluding hydrogens is 272 g/mol. The van der Waals surface area contributed by atoms with Gasteiger partial charge in [-0.15, -0.1) is 0 Å². The molecule has 2 fully saturated rings. The van der Waals surface area contributed by atoms with Crippen molar-refractivity contribution in [2.24, 2.45) is 0 Å². The first-order chi connectivity index (χ1) is 9.55. The molecule has 0 aromatic heterocycles. The van der Waals surface area contributed by atoms with Crippen LogP contribution < -0.4 is 10.2 Å². The lowest BCUT2D eigenvalue weighted by atomic mass is 10.0. The van der Waals surface area contributed by atoms with Crippen LogP contribution in [0.4, 0.5) is 5.69 Å². The minimum atomic E-state index is -0.112. The van der Waals surface area contributed by atoms with Crippen LogP contribution in [0.25, 0.3) is 0 Å². The van der Waals surface area contributed by atoms with Crippen molar-refractivity contribution in [2.45, 2.75) is 44.9 Å². The predicted octanol–water partition coefficient (Wildman–Crippen LogP) is 3.21. The van der Waals surface area contributed by atoms with Gasteiger partial charge in [-0.1, -0.05) is 23.7 Å². The lowest BCUT2D eigenvalue weighted by Gasteiger charge is -2.40. The van der Waals surface area contributed by atoms with Crippen molar-refractivity contribution in [3.63, 3.8) is 0 Å². The molecule has 0 radical (unpaired) electrons. The Hall–Kier alpha value is -0.770. The largest absolute Gasteiger partial charge is 0.372 e. The van der Waals surface area contributed by atoms with Crippen molar-refractivity contribution in [1.82, 2.24) is 5.32 Å². The third kappa shape index (κ3) is 3.27. The molecule has 0 amide bonds. The van der Waals surface area contributed by atoms with Crippen LogP contribution in [0.1, 0.15) is 32.3 Å². The number of nitrogens with one attached hydrogen (secondary N) is 1. The number of para-hydroxylation sites is 1. The molecule has 1 saturated carbocycles. The molecule has 1 N–H and O–H groups in total. The van der Waals surface area contributed by atoms with Crippen LogP contribution in [0.5, 0.6) is 0 Å². The fourth-order valence-electron chi connectivity index (χ4n) is 2.81. The van der Waals surface area contributed by atoms with E-state index in [-0.39, 0.29) is 5.60 Å². The van der Waals surface area contributed by atoms with E-state index in [0.717, 1.165) is 31.3 Å². The number of morpholine rings is 1. The van der Waals surface area contributed by atoms with Crippen molar-refractivity contribution in [1.29, 1.82) is 0 Å². The first-order valence-electron chi connectivity index (χ1n) is 7.45. The van der Waals surface area contributed by atoms with Crippen LogP contribution in [-0.4, -0.2) is 31.3 Å². The van der Waals surface area contributed by atoms with Crippen molar-refractivity contribution < 1.29 is 4.74 Å². The predicted molar refractivity (Wildman–Crippen MR) is 83.6 cm³/mol. The number of anilines is 1. The minimum Gasteiger partial charge on any atom is -0.372 e. The summed E-state index contributed by atoms with van der Waals surface area (Å²) in [6, 6.07) is 6.92. The van der Waals surface area contributed by atoms with Gasteiger partial charge in [0.2, 0.25) is 0 Å². The van der Waals surface area contributed by atoms with E-state index in [2.05, 4.69) is 30.1 Å². The maximum Gasteiger partial charge on any atom is 0.0801 e. The van der Waals surface area contributed by atoms with Crippen LogP contribution in [-0.2, 0) is 11.3 Å². The maximum absolute atomic E-state index is 6.48. The summed E-state index contributed by atoms with van der Waals surface area (Å²) in [5.41, 5.74) is 2.36. The number of rotatable bonds is 4. The molecule has 1 aliphatic heterocycles. The van der Waals surface area contributed by atoms with Crippen LogP contribution in [0.15, 0.2) is 18.2 Å². The number of hydrogen-bond acceptors (Lipinski definition) is 3. The lowest BCUT2D eigenvalue weighted by molar-refractivity contribution is -0.0277. The van der Waals surface area contributed by atoms with E-state index in [1.807, 2.05) is 12.1 Å². The van der Waals surface area contributed by atoms with E-state index < -0.39 is 0 Å². The average Bonchev–Trinajstić information content (AvgIpc) is 3.19. The molecule has 1 aliphatic carbocycles. The van der Waals surface area contributed by atoms with Gasteiger partial charge in [-0.05, 0) is 38.3 Å². The quantitative estimate of drug-likeness (QED) is 0.923. The van der Waals surface area contributed by atoms with Gasteiger partial charge in [-0.2, -0.15) is 0 Å². The Morgan fingerprint density at radius 3 is 2.90 bits per heavy atom. The van der Waals surface area contributed by atoms with E-state index in [9.17, 15) is 0 Å². The van der Waals surface area contributed by atoms with Gasteiger partial charge < -0.3 is 15.0 Å². The third-order valence-corrected chi connectivity index (χ3v) is 4.28. The zero-order valence-corrected chi connectivity index (χ0v) is 13.0. The second-order valence-corrected chi connectivity index (χ2v) is 6.84. The molecule has 1 aromatic carbocycles. The first kappa shape index (κ1) is 14.2. The molecule has 0 bridgehead atoms. The minimum absolute atomic E-state index is 0.112. The van der Waals surface area contributed by atoms with Gasteiger partial charge in [0, 0.05) is 25.7 Å². The van der Waals surface area contributed by atoms with Gasteiger partial charge in [0.1, 0.15) is 0 Å². The van der Waals surface area contributed by atoms with Gasteiger partial charge in [0.05, 0.1) is 22.9 Å². The summed E-state index contributed by atoms with van der Waals surface area (Å²) in [5.74, 6) is 0. The van der Waals surface area contributed by atoms with E-state index in [1.54, 1.807) is 0 Å². The van der Waals surface area contributed by atoms with E-state index >= 15 is 0 Å². The summed E-state index contributed by atoms with van der Waals surface area (Å²) in [6.07, 6.45) is 2.61. The number of benzene rings is 1. The van der Waals surface area contributed by atoms with E-state index in [1.165, 1.54) is 24.1 Å². The van der Waals surface area contributed by atoms with Crippen LogP contribution >= 0.6 is 11.6 Å². The molecule has 3 nitrogen and oxygen atoms in total. The second-order valence-electron chi connectivity index (χ2n) is 6.43. The van der Waals surface area contributed by atoms with Crippen LogP contribution in [0.3, 0.4) is 0 Å². The Morgan fingerprint density at radius 2 is 2.20 bits per heavy atom. The van der Waals surface area contributed by atoms with Crippen molar-refractivity contribution >= 4 is 17.3 Å². The van der Waals surface area contributed by atoms with Crippen molar-refractivity contribution in [3.05, 3.63) is 28.8 Å². The molecule has 110 valence electrons. The van der Waals surface area contributed by atoms with Gasteiger partial charge >= 0.3 is 0 Å². The maximum atomic E-state index is 6.48. The third-order valence-electron chi connectivity index (χ3n) is 3.97. The number of hydrogen-bond donors (Lipinski definition) is 1. The molecule has 20 heavy (non-hydrogen) atoms. The molecule has 0 spiro atoms. The van der Waals surface area contributed by atoms with Crippen molar-refractivity contribution in [3.8, 4) is 0 Å². The fourth-order valence-corrected chi connectivity index (χ4v) is 3.12. The molecule has 2 aliphatic rings. The Balaban J connectivity index is 1.82. The topological polar surface area (TPSA) is 24.5 Å². The summed E-state index contributed by atoms with van der Waals surface area (Å²) in [4.78, 5) is 2.37. The summed E-state index contributed by atoms with van der Waals surface area (Å²) in [5, 5.41) is 4.43. The highest BCUT2D eigenvalue weighted by molar-refractivity contribution is 6.33. The fraction of sp³-hybridized carbons (Fsp3) is 0.625. The number of halogens is 1. The van der Waals surface area contributed by atoms with Crippen LogP contribution in [0.2, 0.25) is 5.02 Å². The molecule has 0 unspecified atom stereocenters. The summed E-state index contributed by atoms with van der Waals surface area (Å²) in [6.45, 7) is 7.72. The first-order valence-corrected chi connectivity index (χ1v) is 7.83. The average molecular weight is 295 g/mol. The Labute approximate surface area is 126 Å². The summed E-state index contributed by atoms with van der Waals surface area (Å²) < 4.78 is 5.80. The standard InChI is InChI=1S/C16H23ClN2O/c1-16(2)11-19(8-9-20-16)15-12(4-3-5-14(15)17)10-18-13-6-7-13/h3-5,13,18H,6-11H2,1-2H3. The monoisotopic (exact) mass is 294 g/mol. The number of ether oxygens (including phenoxy) is 1. The van der Waals surface area contributed by atoms with Gasteiger partial charge in [0.25, 0.3) is 0 Å². The highest BCUT2D eigenvalue weighted by Crippen LogP contribution is 2.33. The molecule has 3 rings (SSSR count). The van der Waals surface area contributed by atoms with Gasteiger partial charge in [0.15, 0.2) is 0 Å². The smallest absolute Gasteiger partial charge is 0.0801 e. The Kier molecular flexibility index (Phi) is 3.93. The zero-order chi connectivity index (χ0) is 14.2. The molecule has 4 heteroatoms. The molecule has 0 atom stereocenters. The lowest BCUT2D eigenvalue weighted by Crippen LogP contribution is -2.48. The van der Waals surface area contributed by atoms with E-state index in [0.29, 0.717) is 6.04 Å². The molecule has 1 aromatic rings. The summed E-state index contributed by atoms with van der Waals surface area (Å²) >= 11 is 6.48. The normalized spacial score (nSPS) is 22.1. The highest BCUT2D eigenvalue weighted by Gasteiger charge is 2.29. The van der Waals surface area contributed by atoms with Gasteiger partial charge in [-0.25, -0.2) is 0 Å². The number of nitrogens with zero attached hydrogens (tertiary/aromatic N) is 1. The van der Waals surface area contributed by atoms with Crippen molar-refractivity contribution in [2.75, 3.05) is 24.6 Å². The second kappa shape index (κ2) is 5.55. The molecular formula is C16H23ClN2O. The highest BCUT2D eigenvalue weighted by atomic mass is 35.5. The summed E-state index contributed by atoms with van der Waals surface area (Å²) in [7, 11) is 0. The van der Waals surface area contributed by atoms with E-state index in [4.69, 9.17) is 16.3 Å². The SMILES string of the molecule is CC1(C)CN(c2c(Cl)cccc2CNC2CC2)CCO1. The van der Waals surface area contributed by atoms with Gasteiger partial charge in [-0.3, -0.25) is 0 Å². The zero-order valence-electron chi connectivity index (χ0n) is 12.3. The Bertz CT molecular complexity index is 485. The van der Waals surface area contributed by atoms with Crippen LogP contribution in [0, 0.1) is 0 Å². The Morgan fingerprint density at radius 1 is 1.40 bits per heavy atom. The molecule has 1 heterocycles. The molecule has 1 saturated heterocycles.